The molecule has 0 aromatic heterocycles. The number of aliphatic carboxylic acids is 1. The first kappa shape index (κ1) is 21.5. The van der Waals surface area contributed by atoms with Crippen molar-refractivity contribution in [3.05, 3.63) is 29.8 Å². The average molecular weight is 364 g/mol. The maximum atomic E-state index is 12.0. The highest BCUT2D eigenvalue weighted by Gasteiger charge is 2.22. The molecule has 1 unspecified atom stereocenters. The summed E-state index contributed by atoms with van der Waals surface area (Å²) in [6.45, 7) is 8.13. The lowest BCUT2D eigenvalue weighted by Crippen LogP contribution is -2.45. The second-order valence-electron chi connectivity index (χ2n) is 7.20. The second kappa shape index (κ2) is 9.79. The lowest BCUT2D eigenvalue weighted by molar-refractivity contribution is -0.142. The Bertz CT molecular complexity index is 620. The van der Waals surface area contributed by atoms with E-state index in [4.69, 9.17) is 4.74 Å². The van der Waals surface area contributed by atoms with Crippen LogP contribution in [0.3, 0.4) is 0 Å². The molecule has 0 aliphatic heterocycles. The van der Waals surface area contributed by atoms with Gasteiger partial charge in [-0.25, -0.2) is 4.79 Å². The van der Waals surface area contributed by atoms with Crippen LogP contribution in [0.2, 0.25) is 0 Å². The van der Waals surface area contributed by atoms with Gasteiger partial charge in [0.25, 0.3) is 5.91 Å². The van der Waals surface area contributed by atoms with E-state index in [1.165, 1.54) is 0 Å². The molecule has 1 rings (SSSR count). The number of rotatable bonds is 9. The highest BCUT2D eigenvalue weighted by atomic mass is 16.5. The molecule has 0 saturated heterocycles. The molecule has 0 bridgehead atoms. The largest absolute Gasteiger partial charge is 0.494 e. The van der Waals surface area contributed by atoms with Crippen molar-refractivity contribution >= 4 is 17.8 Å². The first-order chi connectivity index (χ1) is 12.1. The third-order valence-corrected chi connectivity index (χ3v) is 3.65. The highest BCUT2D eigenvalue weighted by molar-refractivity contribution is 5.96. The van der Waals surface area contributed by atoms with Gasteiger partial charge in [0.1, 0.15) is 11.8 Å². The number of amides is 2. The highest BCUT2D eigenvalue weighted by Crippen LogP contribution is 2.21. The van der Waals surface area contributed by atoms with Crippen LogP contribution in [0.25, 0.3) is 0 Å². The zero-order valence-electron chi connectivity index (χ0n) is 15.8. The van der Waals surface area contributed by atoms with Crippen molar-refractivity contribution in [1.82, 2.24) is 10.6 Å². The summed E-state index contributed by atoms with van der Waals surface area (Å²) in [5.41, 5.74) is 0.365. The molecule has 0 aliphatic carbocycles. The fraction of sp³-hybridized carbons (Fsp3) is 0.526. The van der Waals surface area contributed by atoms with Crippen LogP contribution < -0.4 is 15.4 Å². The maximum Gasteiger partial charge on any atom is 0.326 e. The molecule has 1 aromatic carbocycles. The van der Waals surface area contributed by atoms with Crippen LogP contribution in [0.15, 0.2) is 24.3 Å². The quantitative estimate of drug-likeness (QED) is 0.623. The van der Waals surface area contributed by atoms with Crippen LogP contribution in [0.4, 0.5) is 0 Å². The van der Waals surface area contributed by atoms with Gasteiger partial charge in [-0.2, -0.15) is 0 Å². The van der Waals surface area contributed by atoms with Crippen molar-refractivity contribution in [2.45, 2.75) is 46.6 Å². The van der Waals surface area contributed by atoms with Gasteiger partial charge >= 0.3 is 5.97 Å². The molecule has 144 valence electrons. The maximum absolute atomic E-state index is 12.0. The number of carbonyl (C=O) groups is 3. The standard InChI is InChI=1S/C19H28N2O5/c1-5-26-14-8-6-13(7-9-14)17(23)20-12-16(22)21-15(18(24)25)10-11-19(2,3)4/h6-9,15H,5,10-12H2,1-4H3,(H,20,23)(H,21,22)(H,24,25). The SMILES string of the molecule is CCOc1ccc(C(=O)NCC(=O)NC(CCC(C)(C)C)C(=O)O)cc1. The van der Waals surface area contributed by atoms with Gasteiger partial charge in [0, 0.05) is 5.56 Å². The van der Waals surface area contributed by atoms with Gasteiger partial charge in [-0.05, 0) is 49.4 Å². The molecule has 2 amide bonds. The fourth-order valence-electron chi connectivity index (χ4n) is 2.21. The Hall–Kier alpha value is -2.57. The molecule has 0 saturated carbocycles. The van der Waals surface area contributed by atoms with Crippen molar-refractivity contribution in [2.75, 3.05) is 13.2 Å². The normalized spacial score (nSPS) is 12.2. The van der Waals surface area contributed by atoms with Gasteiger partial charge in [0.15, 0.2) is 0 Å². The average Bonchev–Trinajstić information content (AvgIpc) is 2.56. The fourth-order valence-corrected chi connectivity index (χ4v) is 2.21. The molecule has 0 spiro atoms. The summed E-state index contributed by atoms with van der Waals surface area (Å²) in [6, 6.07) is 5.57. The van der Waals surface area contributed by atoms with Crippen LogP contribution in [-0.2, 0) is 9.59 Å². The molecule has 7 nitrogen and oxygen atoms in total. The van der Waals surface area contributed by atoms with Crippen LogP contribution in [0, 0.1) is 5.41 Å². The Kier molecular flexibility index (Phi) is 8.09. The third-order valence-electron chi connectivity index (χ3n) is 3.65. The minimum absolute atomic E-state index is 0.0275. The number of ether oxygens (including phenoxy) is 1. The van der Waals surface area contributed by atoms with Crippen LogP contribution >= 0.6 is 0 Å². The van der Waals surface area contributed by atoms with Gasteiger partial charge in [-0.1, -0.05) is 20.8 Å². The topological polar surface area (TPSA) is 105 Å². The summed E-state index contributed by atoms with van der Waals surface area (Å²) in [6.07, 6.45) is 0.986. The molecule has 26 heavy (non-hydrogen) atoms. The smallest absolute Gasteiger partial charge is 0.326 e. The van der Waals surface area contributed by atoms with Gasteiger partial charge in [0.2, 0.25) is 5.91 Å². The molecular weight excluding hydrogens is 336 g/mol. The summed E-state index contributed by atoms with van der Waals surface area (Å²) in [5.74, 6) is -1.37. The van der Waals surface area contributed by atoms with Crippen molar-refractivity contribution in [1.29, 1.82) is 0 Å². The number of benzene rings is 1. The first-order valence-electron chi connectivity index (χ1n) is 8.65. The Morgan fingerprint density at radius 2 is 1.77 bits per heavy atom. The molecule has 0 fully saturated rings. The minimum atomic E-state index is -1.08. The van der Waals surface area contributed by atoms with Gasteiger partial charge in [-0.3, -0.25) is 9.59 Å². The van der Waals surface area contributed by atoms with E-state index < -0.39 is 23.8 Å². The van der Waals surface area contributed by atoms with Gasteiger partial charge in [0.05, 0.1) is 13.2 Å². The third kappa shape index (κ3) is 8.00. The van der Waals surface area contributed by atoms with Gasteiger partial charge in [-0.15, -0.1) is 0 Å². The van der Waals surface area contributed by atoms with Crippen molar-refractivity contribution in [2.24, 2.45) is 5.41 Å². The van der Waals surface area contributed by atoms with E-state index in [-0.39, 0.29) is 12.0 Å². The van der Waals surface area contributed by atoms with Crippen LogP contribution in [-0.4, -0.2) is 42.1 Å². The van der Waals surface area contributed by atoms with E-state index in [9.17, 15) is 19.5 Å². The zero-order valence-corrected chi connectivity index (χ0v) is 15.8. The van der Waals surface area contributed by atoms with E-state index in [1.807, 2.05) is 27.7 Å². The lowest BCUT2D eigenvalue weighted by Gasteiger charge is -2.21. The monoisotopic (exact) mass is 364 g/mol. The number of carboxylic acids is 1. The van der Waals surface area contributed by atoms with E-state index >= 15 is 0 Å². The summed E-state index contributed by atoms with van der Waals surface area (Å²) < 4.78 is 5.30. The zero-order chi connectivity index (χ0) is 19.7. The summed E-state index contributed by atoms with van der Waals surface area (Å²) in [7, 11) is 0. The molecule has 0 radical (unpaired) electrons. The predicted molar refractivity (Wildman–Crippen MR) is 98.2 cm³/mol. The Morgan fingerprint density at radius 1 is 1.15 bits per heavy atom. The molecule has 0 heterocycles. The number of hydrogen-bond acceptors (Lipinski definition) is 4. The first-order valence-corrected chi connectivity index (χ1v) is 8.65. The summed E-state index contributed by atoms with van der Waals surface area (Å²) in [5, 5.41) is 14.2. The van der Waals surface area contributed by atoms with Crippen LogP contribution in [0.1, 0.15) is 50.9 Å². The molecular formula is C19H28N2O5. The van der Waals surface area contributed by atoms with Crippen molar-refractivity contribution in [3.63, 3.8) is 0 Å². The van der Waals surface area contributed by atoms with E-state index in [1.54, 1.807) is 24.3 Å². The number of nitrogens with one attached hydrogen (secondary N) is 2. The van der Waals surface area contributed by atoms with Crippen molar-refractivity contribution in [3.8, 4) is 5.75 Å². The number of carboxylic acid groups (broad SMARTS) is 1. The van der Waals surface area contributed by atoms with E-state index in [0.29, 0.717) is 30.8 Å². The minimum Gasteiger partial charge on any atom is -0.494 e. The van der Waals surface area contributed by atoms with Crippen LogP contribution in [0.5, 0.6) is 5.75 Å². The predicted octanol–water partition coefficient (Wildman–Crippen LogP) is 2.21. The van der Waals surface area contributed by atoms with Crippen molar-refractivity contribution < 1.29 is 24.2 Å². The molecule has 1 atom stereocenters. The Balaban J connectivity index is 2.50. The second-order valence-corrected chi connectivity index (χ2v) is 7.20. The Morgan fingerprint density at radius 3 is 2.27 bits per heavy atom. The molecule has 0 aliphatic rings. The van der Waals surface area contributed by atoms with E-state index in [0.717, 1.165) is 0 Å². The summed E-state index contributed by atoms with van der Waals surface area (Å²) >= 11 is 0. The molecule has 1 aromatic rings. The van der Waals surface area contributed by atoms with E-state index in [2.05, 4.69) is 10.6 Å². The Labute approximate surface area is 154 Å². The summed E-state index contributed by atoms with van der Waals surface area (Å²) in [4.78, 5) is 35.3. The molecule has 7 heteroatoms. The lowest BCUT2D eigenvalue weighted by atomic mass is 9.88. The number of carbonyl (C=O) groups excluding carboxylic acids is 2. The number of hydrogen-bond donors (Lipinski definition) is 3. The van der Waals surface area contributed by atoms with Gasteiger partial charge < -0.3 is 20.5 Å². The molecule has 3 N–H and O–H groups in total.